The number of anilines is 1. The first-order valence-electron chi connectivity index (χ1n) is 7.50. The fourth-order valence-corrected chi connectivity index (χ4v) is 2.81. The van der Waals surface area contributed by atoms with E-state index in [1.807, 2.05) is 0 Å². The van der Waals surface area contributed by atoms with Crippen molar-refractivity contribution in [3.05, 3.63) is 28.7 Å². The summed E-state index contributed by atoms with van der Waals surface area (Å²) in [4.78, 5) is 25.6. The minimum absolute atomic E-state index is 0.0116. The van der Waals surface area contributed by atoms with Gasteiger partial charge in [0, 0.05) is 37.5 Å². The van der Waals surface area contributed by atoms with Crippen molar-refractivity contribution in [3.8, 4) is 0 Å². The van der Waals surface area contributed by atoms with Crippen LogP contribution in [-0.4, -0.2) is 42.1 Å². The Morgan fingerprint density at radius 2 is 2.05 bits per heavy atom. The Kier molecular flexibility index (Phi) is 5.38. The third kappa shape index (κ3) is 4.32. The van der Waals surface area contributed by atoms with Crippen LogP contribution >= 0.6 is 0 Å². The number of nitrogens with two attached hydrogens (primary N) is 1. The SMILES string of the molecule is CNC(=O)C1CCN(CCCn2cc(N)ccc2=O)CC1. The molecule has 116 valence electrons. The Bertz CT molecular complexity index is 533. The highest BCUT2D eigenvalue weighted by Gasteiger charge is 2.23. The zero-order chi connectivity index (χ0) is 15.2. The Balaban J connectivity index is 1.74. The van der Waals surface area contributed by atoms with Crippen LogP contribution in [0.3, 0.4) is 0 Å². The van der Waals surface area contributed by atoms with Crippen LogP contribution in [0.4, 0.5) is 5.69 Å². The largest absolute Gasteiger partial charge is 0.398 e. The van der Waals surface area contributed by atoms with Gasteiger partial charge in [0.25, 0.3) is 5.56 Å². The van der Waals surface area contributed by atoms with Gasteiger partial charge in [-0.3, -0.25) is 9.59 Å². The van der Waals surface area contributed by atoms with Gasteiger partial charge in [0.15, 0.2) is 0 Å². The molecule has 0 saturated carbocycles. The van der Waals surface area contributed by atoms with Crippen LogP contribution in [0.5, 0.6) is 0 Å². The van der Waals surface area contributed by atoms with E-state index in [2.05, 4.69) is 10.2 Å². The van der Waals surface area contributed by atoms with Crippen molar-refractivity contribution < 1.29 is 4.79 Å². The van der Waals surface area contributed by atoms with E-state index in [4.69, 9.17) is 5.73 Å². The smallest absolute Gasteiger partial charge is 0.250 e. The molecule has 0 spiro atoms. The molecule has 0 aliphatic carbocycles. The molecular weight excluding hydrogens is 268 g/mol. The fraction of sp³-hybridized carbons (Fsp3) is 0.600. The van der Waals surface area contributed by atoms with Gasteiger partial charge in [-0.15, -0.1) is 0 Å². The molecule has 0 radical (unpaired) electrons. The molecule has 6 nitrogen and oxygen atoms in total. The second-order valence-corrected chi connectivity index (χ2v) is 5.58. The Morgan fingerprint density at radius 1 is 1.33 bits per heavy atom. The third-order valence-corrected chi connectivity index (χ3v) is 4.08. The molecule has 0 aromatic carbocycles. The summed E-state index contributed by atoms with van der Waals surface area (Å²) in [7, 11) is 1.69. The molecule has 1 fully saturated rings. The van der Waals surface area contributed by atoms with Crippen molar-refractivity contribution >= 4 is 11.6 Å². The summed E-state index contributed by atoms with van der Waals surface area (Å²) in [6.07, 6.45) is 4.43. The monoisotopic (exact) mass is 292 g/mol. The molecule has 1 aromatic rings. The summed E-state index contributed by atoms with van der Waals surface area (Å²) in [6, 6.07) is 3.13. The molecule has 1 aromatic heterocycles. The van der Waals surface area contributed by atoms with Crippen LogP contribution in [0, 0.1) is 5.92 Å². The third-order valence-electron chi connectivity index (χ3n) is 4.08. The lowest BCUT2D eigenvalue weighted by Gasteiger charge is -2.31. The van der Waals surface area contributed by atoms with Gasteiger partial charge in [-0.25, -0.2) is 0 Å². The Hall–Kier alpha value is -1.82. The number of amides is 1. The highest BCUT2D eigenvalue weighted by atomic mass is 16.1. The van der Waals surface area contributed by atoms with E-state index in [1.54, 1.807) is 23.9 Å². The first-order valence-corrected chi connectivity index (χ1v) is 7.50. The molecule has 1 amide bonds. The van der Waals surface area contributed by atoms with E-state index >= 15 is 0 Å². The number of nitrogens with zero attached hydrogens (tertiary/aromatic N) is 2. The first kappa shape index (κ1) is 15.6. The first-order chi connectivity index (χ1) is 10.1. The van der Waals surface area contributed by atoms with Crippen molar-refractivity contribution in [3.63, 3.8) is 0 Å². The molecule has 0 unspecified atom stereocenters. The van der Waals surface area contributed by atoms with Crippen molar-refractivity contribution in [2.45, 2.75) is 25.8 Å². The Labute approximate surface area is 124 Å². The number of pyridine rings is 1. The lowest BCUT2D eigenvalue weighted by molar-refractivity contribution is -0.125. The molecule has 6 heteroatoms. The average molecular weight is 292 g/mol. The number of nitrogens with one attached hydrogen (secondary N) is 1. The zero-order valence-corrected chi connectivity index (χ0v) is 12.5. The van der Waals surface area contributed by atoms with Crippen molar-refractivity contribution in [2.75, 3.05) is 32.4 Å². The van der Waals surface area contributed by atoms with E-state index in [0.29, 0.717) is 12.2 Å². The second kappa shape index (κ2) is 7.26. The quantitative estimate of drug-likeness (QED) is 0.817. The number of aromatic nitrogens is 1. The molecule has 2 heterocycles. The molecule has 0 bridgehead atoms. The summed E-state index contributed by atoms with van der Waals surface area (Å²) in [6.45, 7) is 3.52. The number of likely N-dealkylation sites (tertiary alicyclic amines) is 1. The highest BCUT2D eigenvalue weighted by Crippen LogP contribution is 2.17. The number of hydrogen-bond acceptors (Lipinski definition) is 4. The van der Waals surface area contributed by atoms with E-state index < -0.39 is 0 Å². The van der Waals surface area contributed by atoms with Crippen LogP contribution in [0.1, 0.15) is 19.3 Å². The average Bonchev–Trinajstić information content (AvgIpc) is 2.50. The normalized spacial score (nSPS) is 16.8. The van der Waals surface area contributed by atoms with Gasteiger partial charge < -0.3 is 20.5 Å². The summed E-state index contributed by atoms with van der Waals surface area (Å²) >= 11 is 0. The maximum Gasteiger partial charge on any atom is 0.250 e. The summed E-state index contributed by atoms with van der Waals surface area (Å²) in [5.74, 6) is 0.309. The van der Waals surface area contributed by atoms with E-state index in [0.717, 1.165) is 38.9 Å². The number of aryl methyl sites for hydroxylation is 1. The molecule has 21 heavy (non-hydrogen) atoms. The predicted octanol–water partition coefficient (Wildman–Crippen LogP) is 0.279. The number of carbonyl (C=O) groups excluding carboxylic acids is 1. The molecule has 0 atom stereocenters. The lowest BCUT2D eigenvalue weighted by Crippen LogP contribution is -2.40. The van der Waals surface area contributed by atoms with Gasteiger partial charge >= 0.3 is 0 Å². The lowest BCUT2D eigenvalue weighted by atomic mass is 9.96. The zero-order valence-electron chi connectivity index (χ0n) is 12.5. The van der Waals surface area contributed by atoms with Crippen molar-refractivity contribution in [1.29, 1.82) is 0 Å². The maximum absolute atomic E-state index is 11.7. The van der Waals surface area contributed by atoms with Gasteiger partial charge in [0.2, 0.25) is 5.91 Å². The number of rotatable bonds is 5. The second-order valence-electron chi connectivity index (χ2n) is 5.58. The summed E-state index contributed by atoms with van der Waals surface area (Å²) < 4.78 is 1.66. The number of nitrogen functional groups attached to an aromatic ring is 1. The van der Waals surface area contributed by atoms with Crippen LogP contribution in [0.2, 0.25) is 0 Å². The minimum atomic E-state index is -0.0116. The van der Waals surface area contributed by atoms with Gasteiger partial charge in [0.1, 0.15) is 0 Å². The minimum Gasteiger partial charge on any atom is -0.398 e. The molecule has 1 saturated heterocycles. The van der Waals surface area contributed by atoms with Gasteiger partial charge in [-0.05, 0) is 45.0 Å². The predicted molar refractivity (Wildman–Crippen MR) is 83.0 cm³/mol. The van der Waals surface area contributed by atoms with E-state index in [1.165, 1.54) is 6.07 Å². The van der Waals surface area contributed by atoms with E-state index in [9.17, 15) is 9.59 Å². The number of piperidine rings is 1. The van der Waals surface area contributed by atoms with Crippen LogP contribution in [-0.2, 0) is 11.3 Å². The fourth-order valence-electron chi connectivity index (χ4n) is 2.81. The van der Waals surface area contributed by atoms with E-state index in [-0.39, 0.29) is 17.4 Å². The highest BCUT2D eigenvalue weighted by molar-refractivity contribution is 5.78. The van der Waals surface area contributed by atoms with Gasteiger partial charge in [-0.2, -0.15) is 0 Å². The molecular formula is C15H24N4O2. The summed E-state index contributed by atoms with van der Waals surface area (Å²) in [5.41, 5.74) is 6.29. The maximum atomic E-state index is 11.7. The van der Waals surface area contributed by atoms with Crippen molar-refractivity contribution in [1.82, 2.24) is 14.8 Å². The van der Waals surface area contributed by atoms with Crippen LogP contribution < -0.4 is 16.6 Å². The molecule has 2 rings (SSSR count). The molecule has 3 N–H and O–H groups in total. The summed E-state index contributed by atoms with van der Waals surface area (Å²) in [5, 5.41) is 2.72. The van der Waals surface area contributed by atoms with Crippen molar-refractivity contribution in [2.24, 2.45) is 5.92 Å². The van der Waals surface area contributed by atoms with Crippen LogP contribution in [0.15, 0.2) is 23.1 Å². The van der Waals surface area contributed by atoms with Gasteiger partial charge in [-0.1, -0.05) is 0 Å². The number of carbonyl (C=O) groups is 1. The Morgan fingerprint density at radius 3 is 2.71 bits per heavy atom. The van der Waals surface area contributed by atoms with Gasteiger partial charge in [0.05, 0.1) is 0 Å². The molecule has 1 aliphatic rings. The standard InChI is InChI=1S/C15H24N4O2/c1-17-15(21)12-5-9-18(10-6-12)7-2-8-19-11-13(16)3-4-14(19)20/h3-4,11-12H,2,5-10,16H2,1H3,(H,17,21). The number of hydrogen-bond donors (Lipinski definition) is 2. The topological polar surface area (TPSA) is 80.4 Å². The molecule has 1 aliphatic heterocycles. The van der Waals surface area contributed by atoms with Crippen LogP contribution in [0.25, 0.3) is 0 Å².